The van der Waals surface area contributed by atoms with Crippen molar-refractivity contribution in [3.63, 3.8) is 0 Å². The lowest BCUT2D eigenvalue weighted by atomic mass is 10.1. The van der Waals surface area contributed by atoms with Gasteiger partial charge >= 0.3 is 11.9 Å². The van der Waals surface area contributed by atoms with Crippen LogP contribution in [0.2, 0.25) is 0 Å². The summed E-state index contributed by atoms with van der Waals surface area (Å²) in [6, 6.07) is 0. The zero-order valence-corrected chi connectivity index (χ0v) is 9.49. The van der Waals surface area contributed by atoms with Gasteiger partial charge in [-0.2, -0.15) is 4.39 Å². The van der Waals surface area contributed by atoms with Gasteiger partial charge in [-0.3, -0.25) is 4.79 Å². The van der Waals surface area contributed by atoms with E-state index in [1.54, 1.807) is 20.8 Å². The Morgan fingerprint density at radius 1 is 1.50 bits per heavy atom. The zero-order valence-electron chi connectivity index (χ0n) is 9.49. The second kappa shape index (κ2) is 4.23. The van der Waals surface area contributed by atoms with Gasteiger partial charge in [0.05, 0.1) is 12.5 Å². The summed E-state index contributed by atoms with van der Waals surface area (Å²) in [4.78, 5) is 21.8. The molecule has 0 amide bonds. The SMILES string of the molecule is CCOC(=O)C(F)=C[C@H]1[C@@H](C(=O)O)C1(C)C. The Labute approximate surface area is 93.1 Å². The highest BCUT2D eigenvalue weighted by Gasteiger charge is 2.61. The molecule has 0 aromatic carbocycles. The summed E-state index contributed by atoms with van der Waals surface area (Å²) in [5.41, 5.74) is -0.504. The molecule has 90 valence electrons. The van der Waals surface area contributed by atoms with Crippen LogP contribution in [0, 0.1) is 17.3 Å². The van der Waals surface area contributed by atoms with Crippen molar-refractivity contribution in [3.8, 4) is 0 Å². The van der Waals surface area contributed by atoms with Crippen molar-refractivity contribution in [2.75, 3.05) is 6.61 Å². The summed E-state index contributed by atoms with van der Waals surface area (Å²) in [5.74, 6) is -4.09. The summed E-state index contributed by atoms with van der Waals surface area (Å²) >= 11 is 0. The second-order valence-corrected chi connectivity index (χ2v) is 4.40. The Kier molecular flexibility index (Phi) is 3.35. The molecule has 1 rings (SSSR count). The molecule has 0 spiro atoms. The number of allylic oxidation sites excluding steroid dienone is 1. The van der Waals surface area contributed by atoms with E-state index in [1.807, 2.05) is 0 Å². The fourth-order valence-corrected chi connectivity index (χ4v) is 1.89. The molecule has 5 heteroatoms. The maximum absolute atomic E-state index is 13.2. The molecule has 1 fully saturated rings. The van der Waals surface area contributed by atoms with Gasteiger partial charge in [-0.15, -0.1) is 0 Å². The van der Waals surface area contributed by atoms with Gasteiger partial charge in [-0.25, -0.2) is 4.79 Å². The van der Waals surface area contributed by atoms with E-state index in [0.29, 0.717) is 0 Å². The Morgan fingerprint density at radius 3 is 2.44 bits per heavy atom. The third-order valence-corrected chi connectivity index (χ3v) is 2.97. The smallest absolute Gasteiger partial charge is 0.366 e. The van der Waals surface area contributed by atoms with Crippen LogP contribution in [0.1, 0.15) is 20.8 Å². The van der Waals surface area contributed by atoms with Crippen molar-refractivity contribution in [1.29, 1.82) is 0 Å². The topological polar surface area (TPSA) is 63.6 Å². The second-order valence-electron chi connectivity index (χ2n) is 4.40. The number of esters is 1. The average Bonchev–Trinajstić information content (AvgIpc) is 2.68. The van der Waals surface area contributed by atoms with Crippen molar-refractivity contribution in [2.45, 2.75) is 20.8 Å². The van der Waals surface area contributed by atoms with Gasteiger partial charge in [-0.1, -0.05) is 13.8 Å². The third kappa shape index (κ3) is 2.23. The van der Waals surface area contributed by atoms with Gasteiger partial charge in [0.25, 0.3) is 0 Å². The van der Waals surface area contributed by atoms with Crippen LogP contribution in [0.3, 0.4) is 0 Å². The lowest BCUT2D eigenvalue weighted by Crippen LogP contribution is -2.05. The highest BCUT2D eigenvalue weighted by molar-refractivity contribution is 5.86. The third-order valence-electron chi connectivity index (χ3n) is 2.97. The lowest BCUT2D eigenvalue weighted by molar-refractivity contribution is -0.141. The fraction of sp³-hybridized carbons (Fsp3) is 0.636. The number of carboxylic acids is 1. The quantitative estimate of drug-likeness (QED) is 0.590. The molecule has 0 aliphatic heterocycles. The van der Waals surface area contributed by atoms with Gasteiger partial charge in [0.2, 0.25) is 5.83 Å². The largest absolute Gasteiger partial charge is 0.481 e. The highest BCUT2D eigenvalue weighted by Crippen LogP contribution is 2.59. The molecule has 0 aromatic heterocycles. The number of aliphatic carboxylic acids is 1. The van der Waals surface area contributed by atoms with E-state index in [1.165, 1.54) is 0 Å². The van der Waals surface area contributed by atoms with E-state index < -0.39 is 35.0 Å². The summed E-state index contributed by atoms with van der Waals surface area (Å²) < 4.78 is 17.7. The van der Waals surface area contributed by atoms with Gasteiger partial charge in [-0.05, 0) is 24.3 Å². The fourth-order valence-electron chi connectivity index (χ4n) is 1.89. The Bertz CT molecular complexity index is 346. The van der Waals surface area contributed by atoms with Crippen LogP contribution in [-0.2, 0) is 14.3 Å². The van der Waals surface area contributed by atoms with E-state index in [2.05, 4.69) is 4.74 Å². The Balaban J connectivity index is 2.72. The van der Waals surface area contributed by atoms with Gasteiger partial charge in [0.15, 0.2) is 0 Å². The molecule has 0 aromatic rings. The van der Waals surface area contributed by atoms with Crippen LogP contribution in [0.25, 0.3) is 0 Å². The number of carbonyl (C=O) groups excluding carboxylic acids is 1. The number of carbonyl (C=O) groups is 2. The number of rotatable bonds is 4. The highest BCUT2D eigenvalue weighted by atomic mass is 19.1. The van der Waals surface area contributed by atoms with Gasteiger partial charge in [0, 0.05) is 0 Å². The molecule has 1 aliphatic carbocycles. The number of halogens is 1. The normalized spacial score (nSPS) is 27.4. The van der Waals surface area contributed by atoms with E-state index >= 15 is 0 Å². The minimum atomic E-state index is -1.03. The van der Waals surface area contributed by atoms with Crippen molar-refractivity contribution in [3.05, 3.63) is 11.9 Å². The van der Waals surface area contributed by atoms with Crippen molar-refractivity contribution < 1.29 is 23.8 Å². The standard InChI is InChI=1S/C11H15FO4/c1-4-16-10(15)7(12)5-6-8(9(13)14)11(6,2)3/h5-6,8H,4H2,1-3H3,(H,13,14)/t6-,8-/m0/s1. The number of ether oxygens (including phenoxy) is 1. The van der Waals surface area contributed by atoms with Crippen LogP contribution < -0.4 is 0 Å². The van der Waals surface area contributed by atoms with Crippen molar-refractivity contribution >= 4 is 11.9 Å². The summed E-state index contributed by atoms with van der Waals surface area (Å²) in [6.07, 6.45) is 1.05. The lowest BCUT2D eigenvalue weighted by Gasteiger charge is -1.99. The minimum absolute atomic E-state index is 0.0938. The van der Waals surface area contributed by atoms with E-state index in [9.17, 15) is 14.0 Å². The maximum Gasteiger partial charge on any atom is 0.366 e. The molecule has 0 unspecified atom stereocenters. The molecule has 1 saturated carbocycles. The molecule has 1 aliphatic rings. The van der Waals surface area contributed by atoms with Gasteiger partial charge < -0.3 is 9.84 Å². The molecular formula is C11H15FO4. The summed E-state index contributed by atoms with van der Waals surface area (Å²) in [6.45, 7) is 5.12. The molecule has 0 heterocycles. The van der Waals surface area contributed by atoms with Crippen LogP contribution in [0.5, 0.6) is 0 Å². The number of hydrogen-bond acceptors (Lipinski definition) is 3. The molecular weight excluding hydrogens is 215 g/mol. The Hall–Kier alpha value is -1.39. The van der Waals surface area contributed by atoms with E-state index in [0.717, 1.165) is 6.08 Å². The Morgan fingerprint density at radius 2 is 2.06 bits per heavy atom. The monoisotopic (exact) mass is 230 g/mol. The van der Waals surface area contributed by atoms with E-state index in [-0.39, 0.29) is 6.61 Å². The molecule has 0 radical (unpaired) electrons. The molecule has 16 heavy (non-hydrogen) atoms. The van der Waals surface area contributed by atoms with Crippen LogP contribution in [0.15, 0.2) is 11.9 Å². The van der Waals surface area contributed by atoms with Crippen LogP contribution in [-0.4, -0.2) is 23.7 Å². The van der Waals surface area contributed by atoms with Gasteiger partial charge in [0.1, 0.15) is 0 Å². The summed E-state index contributed by atoms with van der Waals surface area (Å²) in [7, 11) is 0. The predicted molar refractivity (Wildman–Crippen MR) is 54.2 cm³/mol. The molecule has 0 saturated heterocycles. The maximum atomic E-state index is 13.2. The predicted octanol–water partition coefficient (Wildman–Crippen LogP) is 1.76. The molecule has 1 N–H and O–H groups in total. The minimum Gasteiger partial charge on any atom is -0.481 e. The van der Waals surface area contributed by atoms with Crippen molar-refractivity contribution in [2.24, 2.45) is 17.3 Å². The van der Waals surface area contributed by atoms with E-state index in [4.69, 9.17) is 5.11 Å². The van der Waals surface area contributed by atoms with Crippen LogP contribution >= 0.6 is 0 Å². The first-order valence-corrected chi connectivity index (χ1v) is 5.09. The zero-order chi connectivity index (χ0) is 12.5. The first-order chi connectivity index (χ1) is 7.32. The molecule has 0 bridgehead atoms. The number of hydrogen-bond donors (Lipinski definition) is 1. The van der Waals surface area contributed by atoms with Crippen LogP contribution in [0.4, 0.5) is 4.39 Å². The first kappa shape index (κ1) is 12.7. The first-order valence-electron chi connectivity index (χ1n) is 5.09. The average molecular weight is 230 g/mol. The number of carboxylic acid groups (broad SMARTS) is 1. The molecule has 2 atom stereocenters. The summed E-state index contributed by atoms with van der Waals surface area (Å²) in [5, 5.41) is 8.85. The van der Waals surface area contributed by atoms with Crippen molar-refractivity contribution in [1.82, 2.24) is 0 Å². The molecule has 4 nitrogen and oxygen atoms in total.